The Morgan fingerprint density at radius 3 is 2.53 bits per heavy atom. The third-order valence-corrected chi connectivity index (χ3v) is 6.68. The Kier molecular flexibility index (Phi) is 8.65. The summed E-state index contributed by atoms with van der Waals surface area (Å²) in [5.74, 6) is 1.43. The van der Waals surface area contributed by atoms with E-state index in [0.29, 0.717) is 33.7 Å². The van der Waals surface area contributed by atoms with E-state index in [0.717, 1.165) is 24.5 Å². The van der Waals surface area contributed by atoms with Gasteiger partial charge in [-0.25, -0.2) is 4.98 Å². The van der Waals surface area contributed by atoms with E-state index in [1.165, 1.54) is 29.5 Å². The molecule has 0 unspecified atom stereocenters. The van der Waals surface area contributed by atoms with Crippen LogP contribution in [0.1, 0.15) is 17.5 Å². The summed E-state index contributed by atoms with van der Waals surface area (Å²) >= 11 is 1.24. The van der Waals surface area contributed by atoms with Gasteiger partial charge >= 0.3 is 6.18 Å². The quantitative estimate of drug-likeness (QED) is 0.189. The molecule has 0 radical (unpaired) electrons. The van der Waals surface area contributed by atoms with Crippen LogP contribution in [-0.2, 0) is 12.8 Å². The Hall–Kier alpha value is -3.48. The number of nitrogens with two attached hydrogens (primary N) is 1. The van der Waals surface area contributed by atoms with Crippen molar-refractivity contribution in [2.24, 2.45) is 5.73 Å². The summed E-state index contributed by atoms with van der Waals surface area (Å²) in [4.78, 5) is 6.56. The largest absolute Gasteiger partial charge is 0.493 e. The Bertz CT molecular complexity index is 1370. The molecule has 8 nitrogen and oxygen atoms in total. The highest BCUT2D eigenvalue weighted by molar-refractivity contribution is 7.16. The van der Waals surface area contributed by atoms with Crippen LogP contribution in [0.4, 0.5) is 13.2 Å². The third kappa shape index (κ3) is 6.32. The monoisotopic (exact) mass is 550 g/mol. The van der Waals surface area contributed by atoms with Crippen LogP contribution in [0, 0.1) is 0 Å². The van der Waals surface area contributed by atoms with Gasteiger partial charge in [0.15, 0.2) is 17.2 Å². The van der Waals surface area contributed by atoms with Crippen LogP contribution in [0.2, 0.25) is 0 Å². The number of hydrogen-bond donors (Lipinski definition) is 1. The lowest BCUT2D eigenvalue weighted by Gasteiger charge is -2.13. The number of methoxy groups -OCH3 is 1. The normalized spacial score (nSPS) is 11.8. The first-order valence-electron chi connectivity index (χ1n) is 11.8. The number of benzene rings is 2. The van der Waals surface area contributed by atoms with E-state index in [1.807, 2.05) is 24.7 Å². The van der Waals surface area contributed by atoms with Crippen LogP contribution in [0.25, 0.3) is 16.0 Å². The second-order valence-electron chi connectivity index (χ2n) is 8.60. The molecule has 2 N–H and O–H groups in total. The predicted octanol–water partition coefficient (Wildman–Crippen LogP) is 5.32. The maximum Gasteiger partial charge on any atom is 0.416 e. The Balaban J connectivity index is 1.62. The molecule has 0 atom stereocenters. The number of imidazole rings is 1. The minimum absolute atomic E-state index is 0.0164. The Morgan fingerprint density at radius 1 is 1.03 bits per heavy atom. The minimum Gasteiger partial charge on any atom is -0.493 e. The zero-order chi connectivity index (χ0) is 27.3. The van der Waals surface area contributed by atoms with E-state index in [4.69, 9.17) is 24.7 Å². The van der Waals surface area contributed by atoms with Crippen molar-refractivity contribution in [2.75, 3.05) is 41.1 Å². The molecule has 0 amide bonds. The molecule has 204 valence electrons. The van der Waals surface area contributed by atoms with Crippen molar-refractivity contribution in [2.45, 2.75) is 19.2 Å². The first-order chi connectivity index (χ1) is 18.2. The van der Waals surface area contributed by atoms with E-state index in [1.54, 1.807) is 25.6 Å². The van der Waals surface area contributed by atoms with Gasteiger partial charge in [-0.15, -0.1) is 0 Å². The fourth-order valence-corrected chi connectivity index (χ4v) is 4.79. The molecule has 0 aliphatic rings. The van der Waals surface area contributed by atoms with E-state index >= 15 is 0 Å². The van der Waals surface area contributed by atoms with Crippen LogP contribution in [0.15, 0.2) is 48.8 Å². The molecule has 2 aromatic heterocycles. The predicted molar refractivity (Wildman–Crippen MR) is 140 cm³/mol. The average Bonchev–Trinajstić information content (AvgIpc) is 3.47. The fraction of sp³-hybridized carbons (Fsp3) is 0.346. The molecule has 0 aliphatic heterocycles. The third-order valence-electron chi connectivity index (χ3n) is 5.65. The SMILES string of the molecule is COc1cc2ncn(-c3cc(OCc4ccccc4C(F)(F)F)c(OCN)s3)c2cc1OCCCN(C)C. The standard InChI is InChI=1S/C26H29F3N4O4S/c1-32(2)9-6-10-35-22-12-20-19(11-21(22)34-3)31-16-33(20)24-13-23(25(38-24)37-15-30)36-14-17-7-4-5-8-18(17)26(27,28)29/h4-5,7-8,11-13,16H,6,9-10,14-15,30H2,1-3H3. The lowest BCUT2D eigenvalue weighted by atomic mass is 10.1. The Morgan fingerprint density at radius 2 is 1.82 bits per heavy atom. The molecule has 0 fully saturated rings. The van der Waals surface area contributed by atoms with Crippen molar-refractivity contribution in [1.29, 1.82) is 0 Å². The van der Waals surface area contributed by atoms with E-state index in [9.17, 15) is 13.2 Å². The summed E-state index contributed by atoms with van der Waals surface area (Å²) in [6, 6.07) is 10.6. The highest BCUT2D eigenvalue weighted by Gasteiger charge is 2.33. The molecular formula is C26H29F3N4O4S. The topological polar surface area (TPSA) is 84.0 Å². The number of ether oxygens (including phenoxy) is 4. The fourth-order valence-electron chi connectivity index (χ4n) is 3.85. The molecule has 4 aromatic rings. The van der Waals surface area contributed by atoms with Gasteiger partial charge in [-0.05, 0) is 26.6 Å². The van der Waals surface area contributed by atoms with Gasteiger partial charge in [0.2, 0.25) is 5.06 Å². The average molecular weight is 551 g/mol. The number of thiophene rings is 1. The van der Waals surface area contributed by atoms with Gasteiger partial charge in [0, 0.05) is 30.3 Å². The van der Waals surface area contributed by atoms with Gasteiger partial charge < -0.3 is 23.8 Å². The number of hydrogen-bond acceptors (Lipinski definition) is 8. The van der Waals surface area contributed by atoms with Gasteiger partial charge in [0.1, 0.15) is 24.7 Å². The van der Waals surface area contributed by atoms with Crippen LogP contribution >= 0.6 is 11.3 Å². The first-order valence-corrected chi connectivity index (χ1v) is 12.6. The number of rotatable bonds is 12. The van der Waals surface area contributed by atoms with Gasteiger partial charge in [-0.1, -0.05) is 29.5 Å². The van der Waals surface area contributed by atoms with Crippen molar-refractivity contribution in [3.05, 3.63) is 59.9 Å². The van der Waals surface area contributed by atoms with Crippen LogP contribution in [-0.4, -0.2) is 55.5 Å². The number of nitrogens with zero attached hydrogens (tertiary/aromatic N) is 3. The molecule has 38 heavy (non-hydrogen) atoms. The molecule has 4 rings (SSSR count). The van der Waals surface area contributed by atoms with Crippen molar-refractivity contribution < 1.29 is 32.1 Å². The number of aromatic nitrogens is 2. The van der Waals surface area contributed by atoms with E-state index in [-0.39, 0.29) is 24.7 Å². The zero-order valence-corrected chi connectivity index (χ0v) is 22.1. The molecule has 0 bridgehead atoms. The van der Waals surface area contributed by atoms with E-state index < -0.39 is 11.7 Å². The zero-order valence-electron chi connectivity index (χ0n) is 21.2. The van der Waals surface area contributed by atoms with E-state index in [2.05, 4.69) is 9.88 Å². The van der Waals surface area contributed by atoms with Crippen molar-refractivity contribution in [3.8, 4) is 27.3 Å². The Labute approximate surface area is 222 Å². The highest BCUT2D eigenvalue weighted by Crippen LogP contribution is 2.42. The number of alkyl halides is 3. The maximum atomic E-state index is 13.4. The number of fused-ring (bicyclic) bond motifs is 1. The maximum absolute atomic E-state index is 13.4. The summed E-state index contributed by atoms with van der Waals surface area (Å²) in [5, 5.41) is 1.03. The summed E-state index contributed by atoms with van der Waals surface area (Å²) in [6.07, 6.45) is -2.00. The molecule has 0 spiro atoms. The van der Waals surface area contributed by atoms with Gasteiger partial charge in [0.05, 0.1) is 30.3 Å². The second-order valence-corrected chi connectivity index (χ2v) is 9.60. The van der Waals surface area contributed by atoms with Gasteiger partial charge in [-0.3, -0.25) is 10.3 Å². The molecule has 0 saturated heterocycles. The van der Waals surface area contributed by atoms with Crippen LogP contribution in [0.3, 0.4) is 0 Å². The van der Waals surface area contributed by atoms with Crippen LogP contribution < -0.4 is 24.7 Å². The molecule has 12 heteroatoms. The van der Waals surface area contributed by atoms with Gasteiger partial charge in [0.25, 0.3) is 0 Å². The molecule has 2 heterocycles. The summed E-state index contributed by atoms with van der Waals surface area (Å²) in [7, 11) is 5.57. The summed E-state index contributed by atoms with van der Waals surface area (Å²) in [5.41, 5.74) is 6.29. The van der Waals surface area contributed by atoms with Gasteiger partial charge in [-0.2, -0.15) is 13.2 Å². The summed E-state index contributed by atoms with van der Waals surface area (Å²) < 4.78 is 64.9. The number of halogens is 3. The van der Waals surface area contributed by atoms with Crippen molar-refractivity contribution in [1.82, 2.24) is 14.5 Å². The van der Waals surface area contributed by atoms with Crippen LogP contribution in [0.5, 0.6) is 22.3 Å². The molecule has 2 aromatic carbocycles. The highest BCUT2D eigenvalue weighted by atomic mass is 32.1. The molecule has 0 saturated carbocycles. The molecule has 0 aliphatic carbocycles. The lowest BCUT2D eigenvalue weighted by molar-refractivity contribution is -0.138. The smallest absolute Gasteiger partial charge is 0.416 e. The minimum atomic E-state index is -4.49. The van der Waals surface area contributed by atoms with Crippen molar-refractivity contribution >= 4 is 22.4 Å². The summed E-state index contributed by atoms with van der Waals surface area (Å²) in [6.45, 7) is 0.985. The lowest BCUT2D eigenvalue weighted by Crippen LogP contribution is -2.15. The second kappa shape index (κ2) is 11.9. The first kappa shape index (κ1) is 27.6. The van der Waals surface area contributed by atoms with Crippen molar-refractivity contribution in [3.63, 3.8) is 0 Å². The molecular weight excluding hydrogens is 521 g/mol.